The predicted octanol–water partition coefficient (Wildman–Crippen LogP) is -0.316. The largest absolute Gasteiger partial charge is 0.372 e. The highest BCUT2D eigenvalue weighted by molar-refractivity contribution is 5.96. The van der Waals surface area contributed by atoms with Gasteiger partial charge in [0.05, 0.1) is 0 Å². The lowest BCUT2D eigenvalue weighted by molar-refractivity contribution is -0.135. The minimum Gasteiger partial charge on any atom is -0.372 e. The fourth-order valence-corrected chi connectivity index (χ4v) is 0.382. The maximum Gasteiger partial charge on any atom is 0.255 e. The van der Waals surface area contributed by atoms with Gasteiger partial charge in [0.25, 0.3) is 5.91 Å². The molecule has 4 heteroatoms. The van der Waals surface area contributed by atoms with Crippen molar-refractivity contribution in [1.29, 1.82) is 0 Å². The highest BCUT2D eigenvalue weighted by atomic mass is 16.5. The molecule has 0 aliphatic heterocycles. The van der Waals surface area contributed by atoms with Gasteiger partial charge in [0.1, 0.15) is 6.10 Å². The Morgan fingerprint density at radius 3 is 2.30 bits per heavy atom. The molecule has 0 aliphatic carbocycles. The number of imide groups is 1. The van der Waals surface area contributed by atoms with Gasteiger partial charge in [-0.15, -0.1) is 0 Å². The van der Waals surface area contributed by atoms with E-state index in [4.69, 9.17) is 0 Å². The molecule has 0 fully saturated rings. The number of hydrogen-bond acceptors (Lipinski definition) is 3. The Morgan fingerprint density at radius 1 is 1.50 bits per heavy atom. The number of carbonyl (C=O) groups is 2. The highest BCUT2D eigenvalue weighted by Gasteiger charge is 2.11. The number of carbonyl (C=O) groups excluding carboxylic acids is 2. The first-order valence-corrected chi connectivity index (χ1v) is 2.92. The van der Waals surface area contributed by atoms with E-state index in [-0.39, 0.29) is 5.91 Å². The molecule has 0 saturated heterocycles. The molecule has 58 valence electrons. The van der Waals surface area contributed by atoms with Crippen molar-refractivity contribution in [2.24, 2.45) is 0 Å². The van der Waals surface area contributed by atoms with E-state index in [1.165, 1.54) is 14.0 Å². The van der Waals surface area contributed by atoms with Gasteiger partial charge in [0.15, 0.2) is 0 Å². The minimum absolute atomic E-state index is 0.367. The van der Waals surface area contributed by atoms with Crippen LogP contribution >= 0.6 is 0 Å². The molecular weight excluding hydrogens is 134 g/mol. The second-order valence-corrected chi connectivity index (χ2v) is 1.92. The topological polar surface area (TPSA) is 55.4 Å². The zero-order valence-electron chi connectivity index (χ0n) is 6.30. The van der Waals surface area contributed by atoms with Crippen molar-refractivity contribution in [1.82, 2.24) is 5.32 Å². The van der Waals surface area contributed by atoms with Crippen molar-refractivity contribution in [3.05, 3.63) is 0 Å². The number of hydrogen-bond donors (Lipinski definition) is 1. The summed E-state index contributed by atoms with van der Waals surface area (Å²) in [4.78, 5) is 21.0. The average molecular weight is 145 g/mol. The molecule has 0 heterocycles. The summed E-state index contributed by atoms with van der Waals surface area (Å²) in [7, 11) is 1.41. The summed E-state index contributed by atoms with van der Waals surface area (Å²) in [5.74, 6) is -0.774. The molecule has 0 saturated carbocycles. The number of rotatable bonds is 2. The van der Waals surface area contributed by atoms with Gasteiger partial charge >= 0.3 is 0 Å². The van der Waals surface area contributed by atoms with E-state index in [9.17, 15) is 9.59 Å². The molecule has 0 bridgehead atoms. The summed E-state index contributed by atoms with van der Waals surface area (Å²) in [6.45, 7) is 2.85. The molecule has 0 rings (SSSR count). The summed E-state index contributed by atoms with van der Waals surface area (Å²) < 4.78 is 4.65. The third-order valence-corrected chi connectivity index (χ3v) is 1.02. The first kappa shape index (κ1) is 9.10. The van der Waals surface area contributed by atoms with Gasteiger partial charge in [-0.2, -0.15) is 0 Å². The molecule has 0 aromatic carbocycles. The Morgan fingerprint density at radius 2 is 2.00 bits per heavy atom. The third kappa shape index (κ3) is 3.19. The normalized spacial score (nSPS) is 12.3. The lowest BCUT2D eigenvalue weighted by atomic mass is 10.4. The van der Waals surface area contributed by atoms with E-state index >= 15 is 0 Å². The molecule has 0 aromatic heterocycles. The maximum absolute atomic E-state index is 10.7. The first-order valence-electron chi connectivity index (χ1n) is 2.92. The van der Waals surface area contributed by atoms with Crippen LogP contribution in [0.15, 0.2) is 0 Å². The van der Waals surface area contributed by atoms with Gasteiger partial charge in [-0.1, -0.05) is 0 Å². The first-order chi connectivity index (χ1) is 4.57. The molecule has 0 spiro atoms. The Bertz CT molecular complexity index is 144. The van der Waals surface area contributed by atoms with Crippen LogP contribution in [-0.4, -0.2) is 25.0 Å². The van der Waals surface area contributed by atoms with Crippen LogP contribution in [0.25, 0.3) is 0 Å². The number of nitrogens with one attached hydrogen (secondary N) is 1. The second-order valence-electron chi connectivity index (χ2n) is 1.92. The molecule has 1 atom stereocenters. The maximum atomic E-state index is 10.7. The fraction of sp³-hybridized carbons (Fsp3) is 0.667. The van der Waals surface area contributed by atoms with Gasteiger partial charge in [0, 0.05) is 14.0 Å². The molecule has 0 aromatic rings. The van der Waals surface area contributed by atoms with Gasteiger partial charge < -0.3 is 4.74 Å². The summed E-state index contributed by atoms with van der Waals surface area (Å²) in [6.07, 6.45) is -0.566. The fourth-order valence-electron chi connectivity index (χ4n) is 0.382. The molecule has 0 radical (unpaired) electrons. The summed E-state index contributed by atoms with van der Waals surface area (Å²) >= 11 is 0. The molecule has 2 amide bonds. The quantitative estimate of drug-likeness (QED) is 0.579. The minimum atomic E-state index is -0.566. The van der Waals surface area contributed by atoms with Crippen LogP contribution in [0.2, 0.25) is 0 Å². The second kappa shape index (κ2) is 4.00. The third-order valence-electron chi connectivity index (χ3n) is 1.02. The van der Waals surface area contributed by atoms with Crippen molar-refractivity contribution in [3.8, 4) is 0 Å². The van der Waals surface area contributed by atoms with E-state index in [0.717, 1.165) is 0 Å². The lowest BCUT2D eigenvalue weighted by Crippen LogP contribution is -2.36. The van der Waals surface area contributed by atoms with E-state index in [2.05, 4.69) is 10.1 Å². The van der Waals surface area contributed by atoms with E-state index < -0.39 is 12.0 Å². The van der Waals surface area contributed by atoms with Gasteiger partial charge in [0.2, 0.25) is 5.91 Å². The zero-order chi connectivity index (χ0) is 8.15. The Balaban J connectivity index is 3.73. The van der Waals surface area contributed by atoms with Crippen LogP contribution in [0.5, 0.6) is 0 Å². The van der Waals surface area contributed by atoms with Crippen molar-refractivity contribution >= 4 is 11.8 Å². The smallest absolute Gasteiger partial charge is 0.255 e. The Hall–Kier alpha value is -0.900. The monoisotopic (exact) mass is 145 g/mol. The zero-order valence-corrected chi connectivity index (χ0v) is 6.30. The van der Waals surface area contributed by atoms with Gasteiger partial charge in [-0.25, -0.2) is 0 Å². The van der Waals surface area contributed by atoms with Crippen LogP contribution < -0.4 is 5.32 Å². The van der Waals surface area contributed by atoms with Crippen molar-refractivity contribution in [2.75, 3.05) is 7.11 Å². The molecule has 1 unspecified atom stereocenters. The number of methoxy groups -OCH3 is 1. The van der Waals surface area contributed by atoms with Crippen LogP contribution in [0.4, 0.5) is 0 Å². The average Bonchev–Trinajstić information content (AvgIpc) is 1.85. The van der Waals surface area contributed by atoms with Crippen molar-refractivity contribution in [3.63, 3.8) is 0 Å². The van der Waals surface area contributed by atoms with Crippen LogP contribution in [0.1, 0.15) is 13.8 Å². The van der Waals surface area contributed by atoms with E-state index in [1.807, 2.05) is 0 Å². The molecule has 1 N–H and O–H groups in total. The molecular formula is C6H11NO3. The number of ether oxygens (including phenoxy) is 1. The van der Waals surface area contributed by atoms with E-state index in [1.54, 1.807) is 6.92 Å². The van der Waals surface area contributed by atoms with Crippen LogP contribution in [0.3, 0.4) is 0 Å². The summed E-state index contributed by atoms with van der Waals surface area (Å²) in [5, 5.41) is 2.09. The standard InChI is InChI=1S/C6H11NO3/c1-4(10-3)6(9)7-5(2)8/h4H,1-3H3,(H,7,8,9). The molecule has 4 nitrogen and oxygen atoms in total. The Kier molecular flexibility index (Phi) is 3.64. The van der Waals surface area contributed by atoms with Gasteiger partial charge in [-0.3, -0.25) is 14.9 Å². The van der Waals surface area contributed by atoms with Crippen LogP contribution in [-0.2, 0) is 14.3 Å². The van der Waals surface area contributed by atoms with Crippen LogP contribution in [0, 0.1) is 0 Å². The summed E-state index contributed by atoms with van der Waals surface area (Å²) in [6, 6.07) is 0. The SMILES string of the molecule is COC(C)C(=O)NC(C)=O. The van der Waals surface area contributed by atoms with E-state index in [0.29, 0.717) is 0 Å². The van der Waals surface area contributed by atoms with Gasteiger partial charge in [-0.05, 0) is 6.92 Å². The summed E-state index contributed by atoms with van der Waals surface area (Å²) in [5.41, 5.74) is 0. The Labute approximate surface area is 59.6 Å². The highest BCUT2D eigenvalue weighted by Crippen LogP contribution is 1.85. The lowest BCUT2D eigenvalue weighted by Gasteiger charge is -2.06. The molecule has 10 heavy (non-hydrogen) atoms. The predicted molar refractivity (Wildman–Crippen MR) is 35.3 cm³/mol. The molecule has 0 aliphatic rings. The van der Waals surface area contributed by atoms with Crippen molar-refractivity contribution in [2.45, 2.75) is 20.0 Å². The number of amides is 2. The van der Waals surface area contributed by atoms with Crippen molar-refractivity contribution < 1.29 is 14.3 Å².